The van der Waals surface area contributed by atoms with E-state index in [9.17, 15) is 4.79 Å². The summed E-state index contributed by atoms with van der Waals surface area (Å²) in [6.07, 6.45) is 3.33. The predicted molar refractivity (Wildman–Crippen MR) is 90.4 cm³/mol. The van der Waals surface area contributed by atoms with Gasteiger partial charge in [0.25, 0.3) is 0 Å². The SMILES string of the molecule is Cc1ccc2[nH]c(CCCNC(=O)C[C@H]3CCOC3)nc2c1C. The lowest BCUT2D eigenvalue weighted by Gasteiger charge is -2.08. The van der Waals surface area contributed by atoms with Crippen molar-refractivity contribution in [2.75, 3.05) is 19.8 Å². The number of ether oxygens (including phenoxy) is 1. The molecule has 1 atom stereocenters. The van der Waals surface area contributed by atoms with Crippen LogP contribution in [0.1, 0.15) is 36.2 Å². The lowest BCUT2D eigenvalue weighted by atomic mass is 10.0. The number of carbonyl (C=O) groups is 1. The van der Waals surface area contributed by atoms with E-state index in [1.807, 2.05) is 0 Å². The molecule has 0 saturated carbocycles. The summed E-state index contributed by atoms with van der Waals surface area (Å²) in [5.74, 6) is 1.53. The number of nitrogens with zero attached hydrogens (tertiary/aromatic N) is 1. The maximum absolute atomic E-state index is 11.8. The van der Waals surface area contributed by atoms with Gasteiger partial charge in [-0.15, -0.1) is 0 Å². The first kappa shape index (κ1) is 16.0. The molecule has 124 valence electrons. The Balaban J connectivity index is 1.45. The van der Waals surface area contributed by atoms with Crippen LogP contribution in [0.15, 0.2) is 12.1 Å². The van der Waals surface area contributed by atoms with Crippen molar-refractivity contribution in [3.05, 3.63) is 29.1 Å². The Labute approximate surface area is 136 Å². The summed E-state index contributed by atoms with van der Waals surface area (Å²) in [4.78, 5) is 19.9. The fourth-order valence-corrected chi connectivity index (χ4v) is 3.05. The number of H-pyrrole nitrogens is 1. The highest BCUT2D eigenvalue weighted by Crippen LogP contribution is 2.19. The molecule has 5 nitrogen and oxygen atoms in total. The Hall–Kier alpha value is -1.88. The predicted octanol–water partition coefficient (Wildman–Crippen LogP) is 2.66. The first-order valence-corrected chi connectivity index (χ1v) is 8.42. The van der Waals surface area contributed by atoms with E-state index in [1.165, 1.54) is 11.1 Å². The molecule has 1 fully saturated rings. The zero-order valence-corrected chi connectivity index (χ0v) is 13.9. The van der Waals surface area contributed by atoms with Crippen LogP contribution in [0.2, 0.25) is 0 Å². The Morgan fingerprint density at radius 2 is 2.30 bits per heavy atom. The van der Waals surface area contributed by atoms with Crippen LogP contribution in [-0.2, 0) is 16.0 Å². The van der Waals surface area contributed by atoms with E-state index < -0.39 is 0 Å². The molecule has 1 aliphatic heterocycles. The molecule has 0 aliphatic carbocycles. The van der Waals surface area contributed by atoms with Crippen LogP contribution in [0.3, 0.4) is 0 Å². The molecule has 2 aromatic rings. The largest absolute Gasteiger partial charge is 0.381 e. The van der Waals surface area contributed by atoms with Gasteiger partial charge in [0.05, 0.1) is 11.0 Å². The minimum atomic E-state index is 0.136. The third kappa shape index (κ3) is 3.91. The third-order valence-electron chi connectivity index (χ3n) is 4.64. The van der Waals surface area contributed by atoms with Gasteiger partial charge in [-0.2, -0.15) is 0 Å². The smallest absolute Gasteiger partial charge is 0.220 e. The summed E-state index contributed by atoms with van der Waals surface area (Å²) in [5.41, 5.74) is 4.65. The first-order chi connectivity index (χ1) is 11.1. The number of rotatable bonds is 6. The highest BCUT2D eigenvalue weighted by molar-refractivity contribution is 5.79. The van der Waals surface area contributed by atoms with Crippen LogP contribution < -0.4 is 5.32 Å². The summed E-state index contributed by atoms with van der Waals surface area (Å²) in [7, 11) is 0. The number of carbonyl (C=O) groups excluding carboxylic acids is 1. The molecule has 1 aliphatic rings. The minimum Gasteiger partial charge on any atom is -0.381 e. The third-order valence-corrected chi connectivity index (χ3v) is 4.64. The first-order valence-electron chi connectivity index (χ1n) is 8.42. The number of hydrogen-bond donors (Lipinski definition) is 2. The molecule has 1 saturated heterocycles. The van der Waals surface area contributed by atoms with E-state index in [0.29, 0.717) is 18.9 Å². The molecule has 0 bridgehead atoms. The van der Waals surface area contributed by atoms with Crippen molar-refractivity contribution in [3.8, 4) is 0 Å². The van der Waals surface area contributed by atoms with E-state index in [2.05, 4.69) is 41.3 Å². The molecular weight excluding hydrogens is 290 g/mol. The summed E-state index contributed by atoms with van der Waals surface area (Å²) in [5, 5.41) is 3.00. The molecule has 0 radical (unpaired) electrons. The van der Waals surface area contributed by atoms with Gasteiger partial charge in [-0.05, 0) is 49.8 Å². The lowest BCUT2D eigenvalue weighted by molar-refractivity contribution is -0.122. The summed E-state index contributed by atoms with van der Waals surface area (Å²) >= 11 is 0. The van der Waals surface area contributed by atoms with Crippen molar-refractivity contribution in [2.45, 2.75) is 39.5 Å². The molecule has 1 aromatic carbocycles. The summed E-state index contributed by atoms with van der Waals surface area (Å²) < 4.78 is 5.30. The number of benzene rings is 1. The average Bonchev–Trinajstić information content (AvgIpc) is 3.17. The van der Waals surface area contributed by atoms with Gasteiger partial charge in [-0.25, -0.2) is 4.98 Å². The van der Waals surface area contributed by atoms with Gasteiger partial charge in [-0.1, -0.05) is 6.07 Å². The lowest BCUT2D eigenvalue weighted by Crippen LogP contribution is -2.27. The number of amides is 1. The van der Waals surface area contributed by atoms with Crippen molar-refractivity contribution in [3.63, 3.8) is 0 Å². The van der Waals surface area contributed by atoms with Crippen LogP contribution >= 0.6 is 0 Å². The number of aromatic amines is 1. The second kappa shape index (κ2) is 7.13. The number of imidazole rings is 1. The van der Waals surface area contributed by atoms with Crippen LogP contribution in [0.5, 0.6) is 0 Å². The normalized spacial score (nSPS) is 17.7. The topological polar surface area (TPSA) is 67.0 Å². The molecular formula is C18H25N3O2. The standard InChI is InChI=1S/C18H25N3O2/c1-12-5-6-15-18(13(12)2)21-16(20-15)4-3-8-19-17(22)10-14-7-9-23-11-14/h5-6,14H,3-4,7-11H2,1-2H3,(H,19,22)(H,20,21)/t14-/m1/s1. The van der Waals surface area contributed by atoms with Crippen LogP contribution in [-0.4, -0.2) is 35.6 Å². The van der Waals surface area contributed by atoms with E-state index in [1.54, 1.807) is 0 Å². The molecule has 0 spiro atoms. The van der Waals surface area contributed by atoms with Crippen molar-refractivity contribution < 1.29 is 9.53 Å². The Kier molecular flexibility index (Phi) is 4.96. The van der Waals surface area contributed by atoms with Gasteiger partial charge < -0.3 is 15.0 Å². The Bertz CT molecular complexity index is 687. The number of aryl methyl sites for hydroxylation is 3. The summed E-state index contributed by atoms with van der Waals surface area (Å²) in [6.45, 7) is 6.43. The molecule has 2 N–H and O–H groups in total. The molecule has 2 heterocycles. The monoisotopic (exact) mass is 315 g/mol. The van der Waals surface area contributed by atoms with E-state index in [0.717, 1.165) is 49.3 Å². The number of hydrogen-bond acceptors (Lipinski definition) is 3. The van der Waals surface area contributed by atoms with E-state index in [4.69, 9.17) is 4.74 Å². The number of nitrogens with one attached hydrogen (secondary N) is 2. The van der Waals surface area contributed by atoms with Crippen LogP contribution in [0.4, 0.5) is 0 Å². The molecule has 1 aromatic heterocycles. The fraction of sp³-hybridized carbons (Fsp3) is 0.556. The average molecular weight is 315 g/mol. The molecule has 1 amide bonds. The highest BCUT2D eigenvalue weighted by Gasteiger charge is 2.18. The molecule has 23 heavy (non-hydrogen) atoms. The van der Waals surface area contributed by atoms with E-state index in [-0.39, 0.29) is 5.91 Å². The van der Waals surface area contributed by atoms with Gasteiger partial charge in [0.2, 0.25) is 5.91 Å². The maximum Gasteiger partial charge on any atom is 0.220 e. The number of fused-ring (bicyclic) bond motifs is 1. The van der Waals surface area contributed by atoms with Crippen molar-refractivity contribution >= 4 is 16.9 Å². The van der Waals surface area contributed by atoms with Crippen LogP contribution in [0.25, 0.3) is 11.0 Å². The van der Waals surface area contributed by atoms with Crippen molar-refractivity contribution in [2.24, 2.45) is 5.92 Å². The Morgan fingerprint density at radius 3 is 3.09 bits per heavy atom. The number of aromatic nitrogens is 2. The fourth-order valence-electron chi connectivity index (χ4n) is 3.05. The quantitative estimate of drug-likeness (QED) is 0.805. The molecule has 3 rings (SSSR count). The Morgan fingerprint density at radius 1 is 1.43 bits per heavy atom. The van der Waals surface area contributed by atoms with Crippen molar-refractivity contribution in [1.29, 1.82) is 0 Å². The zero-order chi connectivity index (χ0) is 16.2. The van der Waals surface area contributed by atoms with Gasteiger partial charge in [0, 0.05) is 32.6 Å². The van der Waals surface area contributed by atoms with Crippen LogP contribution in [0, 0.1) is 19.8 Å². The highest BCUT2D eigenvalue weighted by atomic mass is 16.5. The van der Waals surface area contributed by atoms with Gasteiger partial charge >= 0.3 is 0 Å². The maximum atomic E-state index is 11.8. The molecule has 0 unspecified atom stereocenters. The second-order valence-corrected chi connectivity index (χ2v) is 6.47. The second-order valence-electron chi connectivity index (χ2n) is 6.47. The molecule has 5 heteroatoms. The van der Waals surface area contributed by atoms with Crippen molar-refractivity contribution in [1.82, 2.24) is 15.3 Å². The van der Waals surface area contributed by atoms with Gasteiger partial charge in [-0.3, -0.25) is 4.79 Å². The summed E-state index contributed by atoms with van der Waals surface area (Å²) in [6, 6.07) is 4.20. The van der Waals surface area contributed by atoms with E-state index >= 15 is 0 Å². The minimum absolute atomic E-state index is 0.136. The zero-order valence-electron chi connectivity index (χ0n) is 13.9. The van der Waals surface area contributed by atoms with Gasteiger partial charge in [0.15, 0.2) is 0 Å². The van der Waals surface area contributed by atoms with Gasteiger partial charge in [0.1, 0.15) is 5.82 Å².